The lowest BCUT2D eigenvalue weighted by molar-refractivity contribution is -0.120. The zero-order valence-electron chi connectivity index (χ0n) is 13.7. The predicted octanol–water partition coefficient (Wildman–Crippen LogP) is 1.46. The molecule has 0 bridgehead atoms. The van der Waals surface area contributed by atoms with E-state index in [0.717, 1.165) is 37.9 Å². The summed E-state index contributed by atoms with van der Waals surface area (Å²) in [7, 11) is 0. The molecule has 6 heteroatoms. The number of aliphatic hydroxyl groups excluding tert-OH is 1. The van der Waals surface area contributed by atoms with E-state index >= 15 is 0 Å². The molecule has 1 aromatic heterocycles. The number of aliphatic hydroxyl groups is 1. The number of likely N-dealkylation sites (tertiary alicyclic amines) is 1. The Bertz CT molecular complexity index is 604. The maximum atomic E-state index is 12.6. The van der Waals surface area contributed by atoms with E-state index in [1.165, 1.54) is 0 Å². The van der Waals surface area contributed by atoms with Gasteiger partial charge in [0.15, 0.2) is 5.76 Å². The van der Waals surface area contributed by atoms with Crippen molar-refractivity contribution in [3.8, 4) is 0 Å². The molecular formula is C17H24N2O4. The average Bonchev–Trinajstić information content (AvgIpc) is 3.08. The van der Waals surface area contributed by atoms with Crippen LogP contribution in [0.5, 0.6) is 0 Å². The van der Waals surface area contributed by atoms with Gasteiger partial charge >= 0.3 is 0 Å². The molecule has 2 N–H and O–H groups in total. The van der Waals surface area contributed by atoms with Crippen LogP contribution in [0.4, 0.5) is 0 Å². The van der Waals surface area contributed by atoms with Crippen molar-refractivity contribution < 1.29 is 19.1 Å². The maximum Gasteiger partial charge on any atom is 0.289 e. The summed E-state index contributed by atoms with van der Waals surface area (Å²) >= 11 is 0. The summed E-state index contributed by atoms with van der Waals surface area (Å²) in [4.78, 5) is 25.5. The van der Waals surface area contributed by atoms with Crippen LogP contribution in [0.3, 0.4) is 0 Å². The number of hydrogen-bond donors (Lipinski definition) is 2. The third kappa shape index (κ3) is 3.27. The van der Waals surface area contributed by atoms with E-state index in [9.17, 15) is 9.59 Å². The topological polar surface area (TPSA) is 82.8 Å². The number of furan rings is 1. The molecule has 2 amide bonds. The van der Waals surface area contributed by atoms with Crippen LogP contribution in [0.25, 0.3) is 0 Å². The van der Waals surface area contributed by atoms with Gasteiger partial charge in [0.05, 0.1) is 0 Å². The highest BCUT2D eigenvalue weighted by Gasteiger charge is 2.40. The molecule has 0 radical (unpaired) electrons. The fraction of sp³-hybridized carbons (Fsp3) is 0.647. The minimum Gasteiger partial charge on any atom is -0.453 e. The molecule has 1 aromatic rings. The fourth-order valence-electron chi connectivity index (χ4n) is 3.79. The number of nitrogens with zero attached hydrogens (tertiary/aromatic N) is 1. The number of amides is 2. The standard InChI is InChI=1S/C17H24N2O4/c1-10-5-15(9-20)23-16(10)17(22)19-4-3-12(8-19)13-6-14(7-13)18-11(2)21/h5,12-14,20H,3-4,6-9H2,1-2H3,(H,18,21). The lowest BCUT2D eigenvalue weighted by Gasteiger charge is -2.39. The molecule has 1 unspecified atom stereocenters. The summed E-state index contributed by atoms with van der Waals surface area (Å²) in [5, 5.41) is 12.1. The number of carbonyl (C=O) groups is 2. The Morgan fingerprint density at radius 2 is 2.13 bits per heavy atom. The maximum absolute atomic E-state index is 12.6. The van der Waals surface area contributed by atoms with Crippen LogP contribution >= 0.6 is 0 Å². The summed E-state index contributed by atoms with van der Waals surface area (Å²) < 4.78 is 5.45. The van der Waals surface area contributed by atoms with Gasteiger partial charge in [-0.05, 0) is 44.1 Å². The molecule has 1 aliphatic heterocycles. The van der Waals surface area contributed by atoms with Crippen LogP contribution in [0.2, 0.25) is 0 Å². The first-order valence-corrected chi connectivity index (χ1v) is 8.24. The van der Waals surface area contributed by atoms with E-state index in [4.69, 9.17) is 9.52 Å². The van der Waals surface area contributed by atoms with E-state index in [2.05, 4.69) is 5.32 Å². The van der Waals surface area contributed by atoms with Crippen molar-refractivity contribution in [1.29, 1.82) is 0 Å². The van der Waals surface area contributed by atoms with Gasteiger partial charge in [-0.25, -0.2) is 0 Å². The molecule has 2 fully saturated rings. The zero-order valence-corrected chi connectivity index (χ0v) is 13.7. The molecule has 0 spiro atoms. The van der Waals surface area contributed by atoms with Crippen molar-refractivity contribution in [3.63, 3.8) is 0 Å². The summed E-state index contributed by atoms with van der Waals surface area (Å²) in [5.74, 6) is 1.83. The van der Waals surface area contributed by atoms with E-state index < -0.39 is 0 Å². The van der Waals surface area contributed by atoms with Crippen molar-refractivity contribution in [1.82, 2.24) is 10.2 Å². The lowest BCUT2D eigenvalue weighted by atomic mass is 9.72. The summed E-state index contributed by atoms with van der Waals surface area (Å²) in [6.45, 7) is 4.69. The normalized spacial score (nSPS) is 26.9. The second-order valence-electron chi connectivity index (χ2n) is 6.81. The Morgan fingerprint density at radius 1 is 1.39 bits per heavy atom. The molecule has 3 rings (SSSR count). The van der Waals surface area contributed by atoms with Crippen molar-refractivity contribution in [2.24, 2.45) is 11.8 Å². The molecule has 1 atom stereocenters. The van der Waals surface area contributed by atoms with Gasteiger partial charge in [-0.3, -0.25) is 9.59 Å². The molecule has 0 aromatic carbocycles. The van der Waals surface area contributed by atoms with Crippen LogP contribution in [0.15, 0.2) is 10.5 Å². The zero-order chi connectivity index (χ0) is 16.6. The lowest BCUT2D eigenvalue weighted by Crippen LogP contribution is -2.46. The number of nitrogens with one attached hydrogen (secondary N) is 1. The summed E-state index contributed by atoms with van der Waals surface area (Å²) in [5.41, 5.74) is 0.775. The van der Waals surface area contributed by atoms with Crippen LogP contribution in [0.1, 0.15) is 48.1 Å². The number of aryl methyl sites for hydroxylation is 1. The monoisotopic (exact) mass is 320 g/mol. The van der Waals surface area contributed by atoms with Gasteiger partial charge in [0.25, 0.3) is 5.91 Å². The quantitative estimate of drug-likeness (QED) is 0.880. The van der Waals surface area contributed by atoms with E-state index in [0.29, 0.717) is 29.4 Å². The molecule has 6 nitrogen and oxygen atoms in total. The van der Waals surface area contributed by atoms with Gasteiger partial charge in [0.1, 0.15) is 12.4 Å². The first-order chi connectivity index (χ1) is 11.0. The number of rotatable bonds is 4. The van der Waals surface area contributed by atoms with E-state index in [1.807, 2.05) is 11.8 Å². The summed E-state index contributed by atoms with van der Waals surface area (Å²) in [6, 6.07) is 2.02. The molecular weight excluding hydrogens is 296 g/mol. The highest BCUT2D eigenvalue weighted by molar-refractivity contribution is 5.93. The van der Waals surface area contributed by atoms with E-state index in [-0.39, 0.29) is 18.4 Å². The van der Waals surface area contributed by atoms with Gasteiger partial charge in [-0.15, -0.1) is 0 Å². The van der Waals surface area contributed by atoms with Crippen LogP contribution in [0, 0.1) is 18.8 Å². The molecule has 126 valence electrons. The number of hydrogen-bond acceptors (Lipinski definition) is 4. The Hall–Kier alpha value is -1.82. The van der Waals surface area contributed by atoms with Crippen LogP contribution in [-0.4, -0.2) is 41.0 Å². The highest BCUT2D eigenvalue weighted by Crippen LogP contribution is 2.39. The Balaban J connectivity index is 1.54. The Kier molecular flexibility index (Phi) is 4.43. The molecule has 1 saturated heterocycles. The van der Waals surface area contributed by atoms with Crippen molar-refractivity contribution in [2.75, 3.05) is 13.1 Å². The Morgan fingerprint density at radius 3 is 2.74 bits per heavy atom. The fourth-order valence-corrected chi connectivity index (χ4v) is 3.79. The second-order valence-corrected chi connectivity index (χ2v) is 6.81. The molecule has 2 aliphatic rings. The van der Waals surface area contributed by atoms with Crippen molar-refractivity contribution in [2.45, 2.75) is 45.8 Å². The highest BCUT2D eigenvalue weighted by atomic mass is 16.4. The van der Waals surface area contributed by atoms with Crippen LogP contribution in [-0.2, 0) is 11.4 Å². The smallest absolute Gasteiger partial charge is 0.289 e. The first-order valence-electron chi connectivity index (χ1n) is 8.24. The van der Waals surface area contributed by atoms with Gasteiger partial charge in [-0.1, -0.05) is 0 Å². The molecule has 23 heavy (non-hydrogen) atoms. The molecule has 1 saturated carbocycles. The second kappa shape index (κ2) is 6.35. The largest absolute Gasteiger partial charge is 0.453 e. The van der Waals surface area contributed by atoms with Gasteiger partial charge in [0, 0.05) is 31.6 Å². The third-order valence-electron chi connectivity index (χ3n) is 5.08. The Labute approximate surface area is 135 Å². The van der Waals surface area contributed by atoms with E-state index in [1.54, 1.807) is 13.0 Å². The molecule has 2 heterocycles. The van der Waals surface area contributed by atoms with Crippen molar-refractivity contribution in [3.05, 3.63) is 23.2 Å². The van der Waals surface area contributed by atoms with Gasteiger partial charge < -0.3 is 19.7 Å². The van der Waals surface area contributed by atoms with Crippen molar-refractivity contribution >= 4 is 11.8 Å². The minimum atomic E-state index is -0.191. The van der Waals surface area contributed by atoms with Crippen LogP contribution < -0.4 is 5.32 Å². The first kappa shape index (κ1) is 16.1. The summed E-state index contributed by atoms with van der Waals surface area (Å²) in [6.07, 6.45) is 3.04. The average molecular weight is 320 g/mol. The van der Waals surface area contributed by atoms with Gasteiger partial charge in [0.2, 0.25) is 5.91 Å². The predicted molar refractivity (Wildman–Crippen MR) is 83.7 cm³/mol. The SMILES string of the molecule is CC(=O)NC1CC(C2CCN(C(=O)c3oc(CO)cc3C)C2)C1. The molecule has 1 aliphatic carbocycles. The minimum absolute atomic E-state index is 0.0321. The number of carbonyl (C=O) groups excluding carboxylic acids is 2. The third-order valence-corrected chi connectivity index (χ3v) is 5.08. The van der Waals surface area contributed by atoms with Gasteiger partial charge in [-0.2, -0.15) is 0 Å².